The van der Waals surface area contributed by atoms with Crippen LogP contribution in [0.2, 0.25) is 0 Å². The molecule has 13 rings (SSSR count). The smallest absolute Gasteiger partial charge is 0.333 e. The lowest BCUT2D eigenvalue weighted by atomic mass is 9.42. The van der Waals surface area contributed by atoms with Crippen molar-refractivity contribution < 1.29 is 4.42 Å². The van der Waals surface area contributed by atoms with Gasteiger partial charge in [-0.05, 0) is 122 Å². The van der Waals surface area contributed by atoms with Crippen molar-refractivity contribution in [2.24, 2.45) is 0 Å². The van der Waals surface area contributed by atoms with Gasteiger partial charge in [0.15, 0.2) is 5.58 Å². The third-order valence-electron chi connectivity index (χ3n) is 15.2. The van der Waals surface area contributed by atoms with Crippen molar-refractivity contribution in [2.45, 2.75) is 63.7 Å². The first kappa shape index (κ1) is 35.9. The van der Waals surface area contributed by atoms with Crippen LogP contribution in [-0.4, -0.2) is 6.85 Å². The summed E-state index contributed by atoms with van der Waals surface area (Å²) < 4.78 is 7.08. The quantitative estimate of drug-likeness (QED) is 0.166. The number of hydrogen-bond donors (Lipinski definition) is 0. The Morgan fingerprint density at radius 3 is 1.97 bits per heavy atom. The predicted octanol–water partition coefficient (Wildman–Crippen LogP) is 13.6. The summed E-state index contributed by atoms with van der Waals surface area (Å²) in [5.74, 6) is 0. The zero-order valence-corrected chi connectivity index (χ0v) is 36.0. The maximum Gasteiger partial charge on any atom is 0.333 e. The van der Waals surface area contributed by atoms with Gasteiger partial charge in [-0.25, -0.2) is 0 Å². The van der Waals surface area contributed by atoms with E-state index in [-0.39, 0.29) is 17.7 Å². The molecule has 4 aliphatic rings. The first-order valence-electron chi connectivity index (χ1n) is 22.3. The number of fused-ring (bicyclic) bond motifs is 11. The Bertz CT molecular complexity index is 3300. The molecule has 3 aliphatic heterocycles. The highest BCUT2D eigenvalue weighted by atomic mass is 16.3. The molecule has 4 heterocycles. The number of para-hydroxylation sites is 3. The fourth-order valence-corrected chi connectivity index (χ4v) is 12.3. The summed E-state index contributed by atoms with van der Waals surface area (Å²) in [6, 6.07) is 64.2. The van der Waals surface area contributed by atoms with Crippen LogP contribution in [-0.2, 0) is 16.2 Å². The molecule has 9 aromatic rings. The second-order valence-corrected chi connectivity index (χ2v) is 19.5. The van der Waals surface area contributed by atoms with Crippen molar-refractivity contribution in [1.29, 1.82) is 0 Å². The Labute approximate surface area is 364 Å². The zero-order valence-electron chi connectivity index (χ0n) is 36.0. The molecule has 0 unspecified atom stereocenters. The van der Waals surface area contributed by atoms with Crippen molar-refractivity contribution in [3.8, 4) is 11.1 Å². The fourth-order valence-electron chi connectivity index (χ4n) is 12.3. The van der Waals surface area contributed by atoms with Gasteiger partial charge in [-0.3, -0.25) is 0 Å². The van der Waals surface area contributed by atoms with Gasteiger partial charge in [0.1, 0.15) is 5.58 Å². The van der Waals surface area contributed by atoms with E-state index in [1.165, 1.54) is 90.2 Å². The molecule has 0 atom stereocenters. The molecule has 0 fully saturated rings. The Hall–Kier alpha value is -6.78. The minimum Gasteiger partial charge on any atom is -0.454 e. The monoisotopic (exact) mass is 798 g/mol. The molecule has 0 saturated heterocycles. The van der Waals surface area contributed by atoms with E-state index in [1.54, 1.807) is 0 Å². The number of rotatable bonds is 3. The number of aryl methyl sites for hydroxylation is 1. The van der Waals surface area contributed by atoms with Crippen LogP contribution in [0, 0.1) is 6.92 Å². The summed E-state index contributed by atoms with van der Waals surface area (Å²) in [6.07, 6.45) is 2.33. The summed E-state index contributed by atoms with van der Waals surface area (Å²) in [6.45, 7) is 11.9. The van der Waals surface area contributed by atoms with Gasteiger partial charge >= 0.3 is 6.85 Å². The van der Waals surface area contributed by atoms with Gasteiger partial charge in [0.2, 0.25) is 0 Å². The molecular weight excluding hydrogens is 751 g/mol. The van der Waals surface area contributed by atoms with Gasteiger partial charge < -0.3 is 14.1 Å². The average molecular weight is 799 g/mol. The van der Waals surface area contributed by atoms with E-state index in [1.807, 2.05) is 0 Å². The van der Waals surface area contributed by atoms with E-state index in [2.05, 4.69) is 214 Å². The molecule has 0 saturated carbocycles. The topological polar surface area (TPSA) is 19.6 Å². The molecule has 0 amide bonds. The third-order valence-corrected chi connectivity index (χ3v) is 15.2. The lowest BCUT2D eigenvalue weighted by molar-refractivity contribution is 0.332. The Morgan fingerprint density at radius 1 is 0.516 bits per heavy atom. The van der Waals surface area contributed by atoms with Gasteiger partial charge in [-0.1, -0.05) is 161 Å². The summed E-state index contributed by atoms with van der Waals surface area (Å²) in [5.41, 5.74) is 21.8. The average Bonchev–Trinajstić information content (AvgIpc) is 3.68. The Morgan fingerprint density at radius 2 is 1.19 bits per heavy atom. The van der Waals surface area contributed by atoms with Crippen LogP contribution in [0.25, 0.3) is 33.1 Å². The molecule has 1 aliphatic carbocycles. The first-order valence-corrected chi connectivity index (χ1v) is 22.3. The van der Waals surface area contributed by atoms with Crippen LogP contribution in [0.3, 0.4) is 0 Å². The van der Waals surface area contributed by atoms with Crippen molar-refractivity contribution in [3.63, 3.8) is 0 Å². The first-order chi connectivity index (χ1) is 30.2. The number of hydrogen-bond acceptors (Lipinski definition) is 3. The molecule has 0 N–H and O–H groups in total. The maximum absolute atomic E-state index is 7.08. The van der Waals surface area contributed by atoms with Crippen LogP contribution in [0.5, 0.6) is 0 Å². The van der Waals surface area contributed by atoms with E-state index in [9.17, 15) is 0 Å². The van der Waals surface area contributed by atoms with Gasteiger partial charge in [0.25, 0.3) is 0 Å². The SMILES string of the molecule is Cc1cc2c3c(c1)N1c4ccccc4C(c4ccccc4)(c4ccccc4)c4cccc(c41)B3N(c1ccc3c(c1)C(C)(C)CCC3(C)C)c1c-2ccc2c1oc1ccccc12. The lowest BCUT2D eigenvalue weighted by Crippen LogP contribution is -2.62. The van der Waals surface area contributed by atoms with Gasteiger partial charge in [0, 0.05) is 33.4 Å². The van der Waals surface area contributed by atoms with E-state index in [4.69, 9.17) is 4.42 Å². The second kappa shape index (κ2) is 12.4. The van der Waals surface area contributed by atoms with Crippen molar-refractivity contribution in [1.82, 2.24) is 0 Å². The van der Waals surface area contributed by atoms with Crippen LogP contribution in [0.1, 0.15) is 79.5 Å². The van der Waals surface area contributed by atoms with Crippen molar-refractivity contribution in [2.75, 3.05) is 9.71 Å². The molecule has 4 heteroatoms. The number of benzene rings is 8. The molecular formula is C58H47BN2O. The molecule has 298 valence electrons. The zero-order chi connectivity index (χ0) is 41.7. The number of nitrogens with zero attached hydrogens (tertiary/aromatic N) is 2. The minimum absolute atomic E-state index is 0.0367. The van der Waals surface area contributed by atoms with E-state index in [0.717, 1.165) is 34.0 Å². The van der Waals surface area contributed by atoms with Crippen LogP contribution in [0.4, 0.5) is 28.4 Å². The van der Waals surface area contributed by atoms with Gasteiger partial charge in [-0.15, -0.1) is 0 Å². The molecule has 3 nitrogen and oxygen atoms in total. The van der Waals surface area contributed by atoms with Gasteiger partial charge in [0.05, 0.1) is 16.8 Å². The summed E-state index contributed by atoms with van der Waals surface area (Å²) in [7, 11) is 0. The largest absolute Gasteiger partial charge is 0.454 e. The van der Waals surface area contributed by atoms with Crippen LogP contribution in [0.15, 0.2) is 174 Å². The number of anilines is 5. The standard InChI is InChI=1S/C58H47BN2O/c1-36-33-43-41-28-29-42-40-21-12-15-26-51(40)62-55(42)53(41)61(39-27-30-44-47(35-39)57(4,5)32-31-56(44,2)3)59-48-24-16-23-46-54(48)60(50(34-36)52(43)59)49-25-14-13-22-45(49)58(46,37-17-8-6-9-18-37)38-19-10-7-11-20-38/h6-30,33-35H,31-32H2,1-5H3. The van der Waals surface area contributed by atoms with Crippen LogP contribution < -0.4 is 20.6 Å². The highest BCUT2D eigenvalue weighted by Gasteiger charge is 2.53. The Balaban J connectivity index is 1.19. The number of furan rings is 1. The van der Waals surface area contributed by atoms with Crippen molar-refractivity contribution >= 4 is 68.1 Å². The van der Waals surface area contributed by atoms with E-state index in [0.29, 0.717) is 0 Å². The molecule has 0 radical (unpaired) electrons. The third kappa shape index (κ3) is 4.57. The predicted molar refractivity (Wildman–Crippen MR) is 259 cm³/mol. The minimum atomic E-state index is -0.573. The summed E-state index contributed by atoms with van der Waals surface area (Å²) in [4.78, 5) is 5.30. The fraction of sp³-hybridized carbons (Fsp3) is 0.172. The van der Waals surface area contributed by atoms with Crippen LogP contribution >= 0.6 is 0 Å². The van der Waals surface area contributed by atoms with E-state index >= 15 is 0 Å². The molecule has 8 aromatic carbocycles. The lowest BCUT2D eigenvalue weighted by Gasteiger charge is -2.52. The molecule has 0 bridgehead atoms. The summed E-state index contributed by atoms with van der Waals surface area (Å²) in [5, 5.41) is 2.29. The Kier molecular flexibility index (Phi) is 7.20. The molecule has 1 aromatic heterocycles. The molecule has 0 spiro atoms. The van der Waals surface area contributed by atoms with E-state index < -0.39 is 5.41 Å². The molecule has 62 heavy (non-hydrogen) atoms. The van der Waals surface area contributed by atoms with Crippen molar-refractivity contribution in [3.05, 3.63) is 209 Å². The van der Waals surface area contributed by atoms with Gasteiger partial charge in [-0.2, -0.15) is 0 Å². The highest BCUT2D eigenvalue weighted by molar-refractivity contribution is 6.94. The summed E-state index contributed by atoms with van der Waals surface area (Å²) >= 11 is 0. The highest BCUT2D eigenvalue weighted by Crippen LogP contribution is 2.60. The second-order valence-electron chi connectivity index (χ2n) is 19.5. The maximum atomic E-state index is 7.08. The normalized spacial score (nSPS) is 17.0.